The van der Waals surface area contributed by atoms with Crippen LogP contribution < -0.4 is 9.64 Å². The van der Waals surface area contributed by atoms with Gasteiger partial charge in [-0.2, -0.15) is 18.3 Å². The highest BCUT2D eigenvalue weighted by atomic mass is 19.4. The van der Waals surface area contributed by atoms with Gasteiger partial charge in [-0.1, -0.05) is 0 Å². The van der Waals surface area contributed by atoms with E-state index in [2.05, 4.69) is 15.1 Å². The van der Waals surface area contributed by atoms with Crippen LogP contribution in [0.15, 0.2) is 55.1 Å². The van der Waals surface area contributed by atoms with Crippen LogP contribution in [0.1, 0.15) is 38.6 Å². The van der Waals surface area contributed by atoms with Gasteiger partial charge in [0.15, 0.2) is 5.69 Å². The molecule has 0 saturated heterocycles. The van der Waals surface area contributed by atoms with Gasteiger partial charge in [0.05, 0.1) is 18.3 Å². The molecule has 0 saturated carbocycles. The number of benzene rings is 2. The van der Waals surface area contributed by atoms with E-state index in [1.165, 1.54) is 13.2 Å². The fourth-order valence-corrected chi connectivity index (χ4v) is 5.60. The molecule has 1 amide bonds. The molecule has 1 aliphatic heterocycles. The maximum atomic E-state index is 14.2. The Bertz CT molecular complexity index is 1820. The van der Waals surface area contributed by atoms with E-state index in [1.54, 1.807) is 48.8 Å². The molecule has 5 aromatic rings. The number of anilines is 1. The molecule has 0 fully saturated rings. The number of pyridine rings is 1. The zero-order valence-corrected chi connectivity index (χ0v) is 23.0. The average Bonchev–Trinajstić information content (AvgIpc) is 3.53. The van der Waals surface area contributed by atoms with Crippen molar-refractivity contribution in [2.45, 2.75) is 33.0 Å². The number of hydrogen-bond donors (Lipinski definition) is 0. The van der Waals surface area contributed by atoms with Crippen molar-refractivity contribution in [2.75, 3.05) is 18.6 Å². The molecule has 0 bridgehead atoms. The SMILES string of the molecule is COc1cc2c(N3CCc4c(cc(Cn5ccnc5C)cc4-c4cn(C)nc4C(F)(F)F)C3=O)ccnc2cc1C. The summed E-state index contributed by atoms with van der Waals surface area (Å²) in [7, 11) is 3.05. The first-order valence-corrected chi connectivity index (χ1v) is 13.0. The first-order valence-electron chi connectivity index (χ1n) is 13.0. The number of amides is 1. The smallest absolute Gasteiger partial charge is 0.435 e. The molecule has 0 unspecified atom stereocenters. The summed E-state index contributed by atoms with van der Waals surface area (Å²) in [6.07, 6.45) is 2.19. The van der Waals surface area contributed by atoms with Crippen molar-refractivity contribution >= 4 is 22.5 Å². The van der Waals surface area contributed by atoms with Crippen LogP contribution in [-0.2, 0) is 26.2 Å². The van der Waals surface area contributed by atoms with E-state index in [-0.39, 0.29) is 18.0 Å². The molecule has 0 aliphatic carbocycles. The van der Waals surface area contributed by atoms with E-state index in [4.69, 9.17) is 4.74 Å². The summed E-state index contributed by atoms with van der Waals surface area (Å²) in [5, 5.41) is 4.48. The summed E-state index contributed by atoms with van der Waals surface area (Å²) < 4.78 is 50.7. The molecule has 8 nitrogen and oxygen atoms in total. The van der Waals surface area contributed by atoms with Gasteiger partial charge in [0.25, 0.3) is 5.91 Å². The zero-order valence-electron chi connectivity index (χ0n) is 23.0. The molecule has 0 N–H and O–H groups in total. The van der Waals surface area contributed by atoms with Crippen LogP contribution in [0.3, 0.4) is 0 Å². The molecule has 6 rings (SSSR count). The van der Waals surface area contributed by atoms with Crippen LogP contribution in [0.5, 0.6) is 5.75 Å². The summed E-state index contributed by atoms with van der Waals surface area (Å²) in [5.41, 5.74) is 3.26. The van der Waals surface area contributed by atoms with E-state index in [0.717, 1.165) is 27.0 Å². The Morgan fingerprint density at radius 2 is 1.80 bits per heavy atom. The summed E-state index contributed by atoms with van der Waals surface area (Å²) >= 11 is 0. The maximum Gasteiger partial charge on any atom is 0.435 e. The van der Waals surface area contributed by atoms with Crippen molar-refractivity contribution in [3.8, 4) is 16.9 Å². The number of rotatable bonds is 5. The standard InChI is InChI=1S/C30H27F3N6O2/c1-17-11-25-23(14-27(17)41-4)26(5-7-35-25)39-9-6-20-21(24-16-37(3)36-28(24)30(31,32)33)12-19(13-22(20)29(39)40)15-38-10-8-34-18(38)2/h5,7-8,10-14,16H,6,9,15H2,1-4H3. The lowest BCUT2D eigenvalue weighted by Crippen LogP contribution is -2.38. The summed E-state index contributed by atoms with van der Waals surface area (Å²) in [4.78, 5) is 24.6. The zero-order chi connectivity index (χ0) is 29.1. The molecule has 2 aromatic carbocycles. The highest BCUT2D eigenvalue weighted by Gasteiger charge is 2.39. The third kappa shape index (κ3) is 4.60. The number of nitrogens with zero attached hydrogens (tertiary/aromatic N) is 6. The van der Waals surface area contributed by atoms with Gasteiger partial charge in [0.2, 0.25) is 0 Å². The average molecular weight is 561 g/mol. The highest BCUT2D eigenvalue weighted by molar-refractivity contribution is 6.13. The number of imidazole rings is 1. The minimum absolute atomic E-state index is 0.0451. The molecule has 0 atom stereocenters. The van der Waals surface area contributed by atoms with Gasteiger partial charge in [-0.3, -0.25) is 14.5 Å². The number of hydrogen-bond acceptors (Lipinski definition) is 5. The van der Waals surface area contributed by atoms with Crippen molar-refractivity contribution in [2.24, 2.45) is 7.05 Å². The van der Waals surface area contributed by atoms with Crippen LogP contribution in [0, 0.1) is 13.8 Å². The third-order valence-corrected chi connectivity index (χ3v) is 7.56. The second kappa shape index (κ2) is 9.76. The molecular formula is C30H27F3N6O2. The van der Waals surface area contributed by atoms with Crippen LogP contribution >= 0.6 is 0 Å². The second-order valence-corrected chi connectivity index (χ2v) is 10.2. The number of halogens is 3. The van der Waals surface area contributed by atoms with Gasteiger partial charge in [-0.15, -0.1) is 0 Å². The number of aryl methyl sites for hydroxylation is 3. The van der Waals surface area contributed by atoms with E-state index >= 15 is 0 Å². The lowest BCUT2D eigenvalue weighted by molar-refractivity contribution is -0.140. The normalized spacial score (nSPS) is 13.6. The van der Waals surface area contributed by atoms with Gasteiger partial charge in [-0.25, -0.2) is 4.98 Å². The number of methoxy groups -OCH3 is 1. The largest absolute Gasteiger partial charge is 0.496 e. The fourth-order valence-electron chi connectivity index (χ4n) is 5.60. The van der Waals surface area contributed by atoms with Gasteiger partial charge < -0.3 is 14.2 Å². The van der Waals surface area contributed by atoms with Crippen molar-refractivity contribution in [1.29, 1.82) is 0 Å². The molecular weight excluding hydrogens is 533 g/mol. The Morgan fingerprint density at radius 3 is 2.51 bits per heavy atom. The quantitative estimate of drug-likeness (QED) is 0.275. The first-order chi connectivity index (χ1) is 19.5. The number of carbonyl (C=O) groups is 1. The maximum absolute atomic E-state index is 14.2. The van der Waals surface area contributed by atoms with Crippen LogP contribution in [0.2, 0.25) is 0 Å². The predicted octanol–water partition coefficient (Wildman–Crippen LogP) is 5.73. The summed E-state index contributed by atoms with van der Waals surface area (Å²) in [5.74, 6) is 1.14. The Labute approximate surface area is 234 Å². The van der Waals surface area contributed by atoms with E-state index in [1.807, 2.05) is 30.5 Å². The van der Waals surface area contributed by atoms with Crippen LogP contribution in [-0.4, -0.2) is 43.9 Å². The van der Waals surface area contributed by atoms with E-state index in [9.17, 15) is 18.0 Å². The van der Waals surface area contributed by atoms with E-state index < -0.39 is 11.9 Å². The number of alkyl halides is 3. The summed E-state index contributed by atoms with van der Waals surface area (Å²) in [6, 6.07) is 9.07. The van der Waals surface area contributed by atoms with Crippen LogP contribution in [0.4, 0.5) is 18.9 Å². The minimum Gasteiger partial charge on any atom is -0.496 e. The number of carbonyl (C=O) groups excluding carboxylic acids is 1. The van der Waals surface area contributed by atoms with Gasteiger partial charge in [0, 0.05) is 61.4 Å². The molecule has 4 heterocycles. The molecule has 210 valence electrons. The fraction of sp³-hybridized carbons (Fsp3) is 0.267. The molecule has 41 heavy (non-hydrogen) atoms. The van der Waals surface area contributed by atoms with E-state index in [0.29, 0.717) is 46.7 Å². The highest BCUT2D eigenvalue weighted by Crippen LogP contribution is 2.41. The number of ether oxygens (including phenoxy) is 1. The van der Waals surface area contributed by atoms with Crippen molar-refractivity contribution in [1.82, 2.24) is 24.3 Å². The topological polar surface area (TPSA) is 78.1 Å². The summed E-state index contributed by atoms with van der Waals surface area (Å²) in [6.45, 7) is 4.40. The number of aromatic nitrogens is 5. The number of fused-ring (bicyclic) bond motifs is 2. The monoisotopic (exact) mass is 560 g/mol. The van der Waals surface area contributed by atoms with Crippen molar-refractivity contribution in [3.63, 3.8) is 0 Å². The Kier molecular flexibility index (Phi) is 6.32. The Balaban J connectivity index is 1.53. The lowest BCUT2D eigenvalue weighted by atomic mass is 9.87. The Morgan fingerprint density at radius 1 is 1.02 bits per heavy atom. The first kappa shape index (κ1) is 26.5. The van der Waals surface area contributed by atoms with Gasteiger partial charge >= 0.3 is 6.18 Å². The van der Waals surface area contributed by atoms with Crippen molar-refractivity contribution < 1.29 is 22.7 Å². The molecule has 0 spiro atoms. The molecule has 1 aliphatic rings. The second-order valence-electron chi connectivity index (χ2n) is 10.2. The van der Waals surface area contributed by atoms with Gasteiger partial charge in [0.1, 0.15) is 11.6 Å². The minimum atomic E-state index is -4.65. The van der Waals surface area contributed by atoms with Crippen molar-refractivity contribution in [3.05, 3.63) is 88.9 Å². The van der Waals surface area contributed by atoms with Gasteiger partial charge in [-0.05, 0) is 72.9 Å². The third-order valence-electron chi connectivity index (χ3n) is 7.56. The molecule has 0 radical (unpaired) electrons. The molecule has 11 heteroatoms. The van der Waals surface area contributed by atoms with Crippen LogP contribution in [0.25, 0.3) is 22.0 Å². The predicted molar refractivity (Wildman–Crippen MR) is 148 cm³/mol. The lowest BCUT2D eigenvalue weighted by Gasteiger charge is -2.31. The molecule has 3 aromatic heterocycles. The Hall–Kier alpha value is -4.67.